The molecule has 1 aromatic rings. The van der Waals surface area contributed by atoms with Crippen LogP contribution in [0, 0.1) is 5.92 Å². The molecule has 0 aliphatic heterocycles. The van der Waals surface area contributed by atoms with Gasteiger partial charge >= 0.3 is 0 Å². The number of hydrogen-bond donors (Lipinski definition) is 0. The molecule has 2 heteroatoms. The highest BCUT2D eigenvalue weighted by Crippen LogP contribution is 2.11. The van der Waals surface area contributed by atoms with E-state index in [-0.39, 0.29) is 0 Å². The van der Waals surface area contributed by atoms with Gasteiger partial charge in [-0.2, -0.15) is 0 Å². The van der Waals surface area contributed by atoms with E-state index in [1.54, 1.807) is 0 Å². The molecule has 1 aromatic heterocycles. The van der Waals surface area contributed by atoms with Crippen LogP contribution in [0.3, 0.4) is 0 Å². The SMILES string of the molecule is CC(C)Cc1ncc(C(C)C)cn1. The lowest BCUT2D eigenvalue weighted by Gasteiger charge is -2.06. The molecule has 0 aliphatic carbocycles. The maximum absolute atomic E-state index is 4.33. The lowest BCUT2D eigenvalue weighted by Crippen LogP contribution is -2.01. The Bertz CT molecular complexity index is 249. The van der Waals surface area contributed by atoms with E-state index in [4.69, 9.17) is 0 Å². The zero-order chi connectivity index (χ0) is 9.84. The van der Waals surface area contributed by atoms with Gasteiger partial charge in [0, 0.05) is 18.8 Å². The summed E-state index contributed by atoms with van der Waals surface area (Å²) in [4.78, 5) is 8.66. The van der Waals surface area contributed by atoms with E-state index in [0.29, 0.717) is 11.8 Å². The lowest BCUT2D eigenvalue weighted by atomic mass is 10.1. The summed E-state index contributed by atoms with van der Waals surface area (Å²) in [6.45, 7) is 8.67. The fourth-order valence-electron chi connectivity index (χ4n) is 1.13. The van der Waals surface area contributed by atoms with Crippen LogP contribution in [0.2, 0.25) is 0 Å². The minimum Gasteiger partial charge on any atom is -0.241 e. The molecule has 2 nitrogen and oxygen atoms in total. The monoisotopic (exact) mass is 178 g/mol. The Hall–Kier alpha value is -0.920. The van der Waals surface area contributed by atoms with Crippen LogP contribution >= 0.6 is 0 Å². The molecular weight excluding hydrogens is 160 g/mol. The van der Waals surface area contributed by atoms with Gasteiger partial charge in [0.05, 0.1) is 0 Å². The summed E-state index contributed by atoms with van der Waals surface area (Å²) in [6.07, 6.45) is 4.85. The van der Waals surface area contributed by atoms with Crippen molar-refractivity contribution < 1.29 is 0 Å². The van der Waals surface area contributed by atoms with Gasteiger partial charge in [0.15, 0.2) is 0 Å². The standard InChI is InChI=1S/C11H18N2/c1-8(2)5-11-12-6-10(7-13-11)9(3)4/h6-9H,5H2,1-4H3. The summed E-state index contributed by atoms with van der Waals surface area (Å²) < 4.78 is 0. The molecule has 0 spiro atoms. The normalized spacial score (nSPS) is 11.2. The smallest absolute Gasteiger partial charge is 0.128 e. The van der Waals surface area contributed by atoms with Crippen molar-refractivity contribution in [1.82, 2.24) is 9.97 Å². The van der Waals surface area contributed by atoms with Gasteiger partial charge in [-0.05, 0) is 17.4 Å². The third kappa shape index (κ3) is 3.13. The van der Waals surface area contributed by atoms with Crippen molar-refractivity contribution in [3.63, 3.8) is 0 Å². The highest BCUT2D eigenvalue weighted by Gasteiger charge is 2.02. The van der Waals surface area contributed by atoms with Gasteiger partial charge in [-0.3, -0.25) is 0 Å². The average molecular weight is 178 g/mol. The van der Waals surface area contributed by atoms with E-state index in [1.807, 2.05) is 12.4 Å². The minimum atomic E-state index is 0.521. The molecular formula is C11H18N2. The van der Waals surface area contributed by atoms with Crippen molar-refractivity contribution in [2.45, 2.75) is 40.0 Å². The Morgan fingerprint density at radius 2 is 1.62 bits per heavy atom. The highest BCUT2D eigenvalue weighted by molar-refractivity contribution is 5.09. The second-order valence-electron chi connectivity index (χ2n) is 4.19. The first-order valence-electron chi connectivity index (χ1n) is 4.90. The molecule has 0 N–H and O–H groups in total. The van der Waals surface area contributed by atoms with Gasteiger partial charge in [-0.1, -0.05) is 27.7 Å². The van der Waals surface area contributed by atoms with Crippen LogP contribution in [-0.2, 0) is 6.42 Å². The summed E-state index contributed by atoms with van der Waals surface area (Å²) in [7, 11) is 0. The first kappa shape index (κ1) is 10.2. The summed E-state index contributed by atoms with van der Waals surface area (Å²) >= 11 is 0. The van der Waals surface area contributed by atoms with Gasteiger partial charge in [0.25, 0.3) is 0 Å². The molecule has 1 rings (SSSR count). The molecule has 0 atom stereocenters. The van der Waals surface area contributed by atoms with Crippen molar-refractivity contribution in [3.8, 4) is 0 Å². The molecule has 0 saturated heterocycles. The number of nitrogens with zero attached hydrogens (tertiary/aromatic N) is 2. The van der Waals surface area contributed by atoms with Crippen molar-refractivity contribution >= 4 is 0 Å². The first-order valence-corrected chi connectivity index (χ1v) is 4.90. The Morgan fingerprint density at radius 3 is 2.00 bits per heavy atom. The second kappa shape index (κ2) is 4.35. The molecule has 72 valence electrons. The number of rotatable bonds is 3. The van der Waals surface area contributed by atoms with Crippen LogP contribution in [0.25, 0.3) is 0 Å². The molecule has 0 aliphatic rings. The third-order valence-electron chi connectivity index (χ3n) is 1.98. The minimum absolute atomic E-state index is 0.521. The quantitative estimate of drug-likeness (QED) is 0.711. The van der Waals surface area contributed by atoms with Gasteiger partial charge in [-0.25, -0.2) is 9.97 Å². The molecule has 0 amide bonds. The molecule has 0 fully saturated rings. The van der Waals surface area contributed by atoms with E-state index < -0.39 is 0 Å². The van der Waals surface area contributed by atoms with Crippen molar-refractivity contribution in [1.29, 1.82) is 0 Å². The summed E-state index contributed by atoms with van der Waals surface area (Å²) in [5.41, 5.74) is 1.22. The maximum Gasteiger partial charge on any atom is 0.128 e. The van der Waals surface area contributed by atoms with Crippen LogP contribution < -0.4 is 0 Å². The van der Waals surface area contributed by atoms with E-state index in [9.17, 15) is 0 Å². The van der Waals surface area contributed by atoms with Crippen LogP contribution in [0.4, 0.5) is 0 Å². The first-order chi connectivity index (χ1) is 6.09. The Labute approximate surface area is 80.4 Å². The molecule has 0 saturated carbocycles. The molecule has 0 radical (unpaired) electrons. The van der Waals surface area contributed by atoms with Crippen molar-refractivity contribution in [3.05, 3.63) is 23.8 Å². The molecule has 0 bridgehead atoms. The van der Waals surface area contributed by atoms with Crippen LogP contribution in [0.1, 0.15) is 45.0 Å². The Morgan fingerprint density at radius 1 is 1.08 bits per heavy atom. The second-order valence-corrected chi connectivity index (χ2v) is 4.19. The zero-order valence-electron chi connectivity index (χ0n) is 8.91. The Balaban J connectivity index is 2.70. The van der Waals surface area contributed by atoms with E-state index in [1.165, 1.54) is 5.56 Å². The number of aromatic nitrogens is 2. The fraction of sp³-hybridized carbons (Fsp3) is 0.636. The van der Waals surface area contributed by atoms with Crippen molar-refractivity contribution in [2.75, 3.05) is 0 Å². The molecule has 1 heterocycles. The summed E-state index contributed by atoms with van der Waals surface area (Å²) in [5, 5.41) is 0. The van der Waals surface area contributed by atoms with Gasteiger partial charge in [0.2, 0.25) is 0 Å². The fourth-order valence-corrected chi connectivity index (χ4v) is 1.13. The zero-order valence-corrected chi connectivity index (χ0v) is 8.91. The van der Waals surface area contributed by atoms with Crippen LogP contribution in [0.15, 0.2) is 12.4 Å². The van der Waals surface area contributed by atoms with Gasteiger partial charge < -0.3 is 0 Å². The lowest BCUT2D eigenvalue weighted by molar-refractivity contribution is 0.618. The third-order valence-corrected chi connectivity index (χ3v) is 1.98. The van der Waals surface area contributed by atoms with Gasteiger partial charge in [0.1, 0.15) is 5.82 Å². The maximum atomic E-state index is 4.33. The predicted molar refractivity (Wildman–Crippen MR) is 54.7 cm³/mol. The topological polar surface area (TPSA) is 25.8 Å². The van der Waals surface area contributed by atoms with E-state index in [2.05, 4.69) is 37.7 Å². The number of hydrogen-bond acceptors (Lipinski definition) is 2. The van der Waals surface area contributed by atoms with Gasteiger partial charge in [-0.15, -0.1) is 0 Å². The molecule has 0 aromatic carbocycles. The molecule has 0 unspecified atom stereocenters. The highest BCUT2D eigenvalue weighted by atomic mass is 14.9. The van der Waals surface area contributed by atoms with Crippen molar-refractivity contribution in [2.24, 2.45) is 5.92 Å². The molecule has 13 heavy (non-hydrogen) atoms. The predicted octanol–water partition coefficient (Wildman–Crippen LogP) is 2.80. The average Bonchev–Trinajstić information content (AvgIpc) is 2.04. The van der Waals surface area contributed by atoms with Crippen LogP contribution in [-0.4, -0.2) is 9.97 Å². The van der Waals surface area contributed by atoms with E-state index in [0.717, 1.165) is 12.2 Å². The largest absolute Gasteiger partial charge is 0.241 e. The summed E-state index contributed by atoms with van der Waals surface area (Å²) in [6, 6.07) is 0. The van der Waals surface area contributed by atoms with Crippen LogP contribution in [0.5, 0.6) is 0 Å². The van der Waals surface area contributed by atoms with E-state index >= 15 is 0 Å². The summed E-state index contributed by atoms with van der Waals surface area (Å²) in [5.74, 6) is 2.11. The Kier molecular flexibility index (Phi) is 3.40.